The van der Waals surface area contributed by atoms with Gasteiger partial charge in [0.1, 0.15) is 11.8 Å². The highest BCUT2D eigenvalue weighted by Crippen LogP contribution is 2.28. The number of rotatable bonds is 4. The summed E-state index contributed by atoms with van der Waals surface area (Å²) in [7, 11) is 1.06. The van der Waals surface area contributed by atoms with Crippen LogP contribution in [0.25, 0.3) is 5.69 Å². The number of aromatic nitrogens is 1. The number of hydrogen-bond donors (Lipinski definition) is 1. The van der Waals surface area contributed by atoms with Gasteiger partial charge < -0.3 is 19.8 Å². The zero-order valence-corrected chi connectivity index (χ0v) is 13.3. The second-order valence-electron chi connectivity index (χ2n) is 4.79. The number of hydrogen-bond acceptors (Lipinski definition) is 6. The van der Waals surface area contributed by atoms with Crippen molar-refractivity contribution in [3.8, 4) is 11.8 Å². The van der Waals surface area contributed by atoms with Gasteiger partial charge in [-0.1, -0.05) is 0 Å². The molecule has 0 amide bonds. The van der Waals surface area contributed by atoms with E-state index in [1.54, 1.807) is 13.0 Å². The molecule has 2 aromatic rings. The maximum Gasteiger partial charge on any atom is 0.357 e. The van der Waals surface area contributed by atoms with Gasteiger partial charge in [0.05, 0.1) is 30.5 Å². The molecule has 0 bridgehead atoms. The number of benzene rings is 1. The molecule has 0 saturated heterocycles. The van der Waals surface area contributed by atoms with Crippen molar-refractivity contribution in [2.45, 2.75) is 6.92 Å². The van der Waals surface area contributed by atoms with Crippen LogP contribution in [0.3, 0.4) is 0 Å². The highest BCUT2D eigenvalue weighted by atomic mass is 19.1. The molecule has 2 N–H and O–H groups in total. The molecule has 25 heavy (non-hydrogen) atoms. The summed E-state index contributed by atoms with van der Waals surface area (Å²) < 4.78 is 38.9. The maximum atomic E-state index is 14.4. The largest absolute Gasteiger partial charge is 0.464 e. The van der Waals surface area contributed by atoms with Crippen molar-refractivity contribution in [2.24, 2.45) is 0 Å². The minimum absolute atomic E-state index is 0.0377. The minimum Gasteiger partial charge on any atom is -0.464 e. The molecule has 0 aliphatic rings. The quantitative estimate of drug-likeness (QED) is 0.848. The summed E-state index contributed by atoms with van der Waals surface area (Å²) in [4.78, 5) is 23.5. The summed E-state index contributed by atoms with van der Waals surface area (Å²) in [6.07, 6.45) is 1.01. The summed E-state index contributed by atoms with van der Waals surface area (Å²) >= 11 is 0. The zero-order valence-electron chi connectivity index (χ0n) is 13.3. The number of ether oxygens (including phenoxy) is 2. The van der Waals surface area contributed by atoms with Gasteiger partial charge in [0.15, 0.2) is 17.3 Å². The standard InChI is InChI=1S/C16H13F2N3O4/c1-3-25-15(22)8-4-10(17)13(11(18)5-8)21-7-9(6-19)12(20)14(21)16(23)24-2/h4-5,7H,3,20H2,1-2H3. The Morgan fingerprint density at radius 2 is 1.88 bits per heavy atom. The third kappa shape index (κ3) is 3.14. The summed E-state index contributed by atoms with van der Waals surface area (Å²) in [5.74, 6) is -4.17. The first-order valence-electron chi connectivity index (χ1n) is 7.01. The third-order valence-electron chi connectivity index (χ3n) is 3.31. The zero-order chi connectivity index (χ0) is 18.7. The summed E-state index contributed by atoms with van der Waals surface area (Å²) in [5.41, 5.74) is 3.84. The predicted octanol–water partition coefficient (Wildman–Crippen LogP) is 2.17. The van der Waals surface area contributed by atoms with E-state index in [9.17, 15) is 18.4 Å². The number of nitriles is 1. The van der Waals surface area contributed by atoms with Crippen LogP contribution < -0.4 is 5.73 Å². The molecule has 0 radical (unpaired) electrons. The van der Waals surface area contributed by atoms with Crippen LogP contribution in [0.1, 0.15) is 33.3 Å². The van der Waals surface area contributed by atoms with E-state index in [1.165, 1.54) is 0 Å². The Morgan fingerprint density at radius 3 is 2.36 bits per heavy atom. The first-order chi connectivity index (χ1) is 11.8. The molecule has 1 heterocycles. The van der Waals surface area contributed by atoms with E-state index < -0.39 is 35.0 Å². The number of methoxy groups -OCH3 is 1. The van der Waals surface area contributed by atoms with E-state index in [2.05, 4.69) is 9.47 Å². The molecule has 130 valence electrons. The van der Waals surface area contributed by atoms with Crippen LogP contribution in [0.5, 0.6) is 0 Å². The first kappa shape index (κ1) is 17.9. The van der Waals surface area contributed by atoms with Crippen molar-refractivity contribution < 1.29 is 27.8 Å². The smallest absolute Gasteiger partial charge is 0.357 e. The number of nitrogens with zero attached hydrogens (tertiary/aromatic N) is 2. The molecule has 7 nitrogen and oxygen atoms in total. The molecule has 1 aromatic carbocycles. The van der Waals surface area contributed by atoms with Crippen molar-refractivity contribution in [1.82, 2.24) is 4.57 Å². The van der Waals surface area contributed by atoms with Crippen LogP contribution in [-0.4, -0.2) is 30.2 Å². The average Bonchev–Trinajstić information content (AvgIpc) is 2.90. The molecule has 0 saturated carbocycles. The van der Waals surface area contributed by atoms with Crippen molar-refractivity contribution >= 4 is 17.6 Å². The van der Waals surface area contributed by atoms with Crippen LogP contribution in [0.15, 0.2) is 18.3 Å². The van der Waals surface area contributed by atoms with Gasteiger partial charge in [-0.15, -0.1) is 0 Å². The van der Waals surface area contributed by atoms with E-state index in [1.807, 2.05) is 0 Å². The number of halogens is 2. The van der Waals surface area contributed by atoms with Gasteiger partial charge in [-0.2, -0.15) is 5.26 Å². The van der Waals surface area contributed by atoms with Crippen LogP contribution >= 0.6 is 0 Å². The van der Waals surface area contributed by atoms with Gasteiger partial charge in [-0.3, -0.25) is 0 Å². The Morgan fingerprint density at radius 1 is 1.28 bits per heavy atom. The summed E-state index contributed by atoms with van der Waals surface area (Å²) in [6.45, 7) is 1.59. The lowest BCUT2D eigenvalue weighted by molar-refractivity contribution is 0.0523. The lowest BCUT2D eigenvalue weighted by Gasteiger charge is -2.12. The van der Waals surface area contributed by atoms with Crippen molar-refractivity contribution in [1.29, 1.82) is 5.26 Å². The fourth-order valence-corrected chi connectivity index (χ4v) is 2.22. The van der Waals surface area contributed by atoms with E-state index in [-0.39, 0.29) is 23.4 Å². The minimum atomic E-state index is -1.15. The molecule has 9 heteroatoms. The fraction of sp³-hybridized carbons (Fsp3) is 0.188. The number of carbonyl (C=O) groups excluding carboxylic acids is 2. The molecule has 0 aliphatic carbocycles. The molecule has 1 aromatic heterocycles. The average molecular weight is 349 g/mol. The Balaban J connectivity index is 2.69. The molecule has 0 atom stereocenters. The summed E-state index contributed by atoms with van der Waals surface area (Å²) in [5, 5.41) is 9.03. The molecular formula is C16H13F2N3O4. The van der Waals surface area contributed by atoms with Crippen LogP contribution in [0.2, 0.25) is 0 Å². The number of anilines is 1. The Labute approximate surface area is 141 Å². The Kier molecular flexibility index (Phi) is 5.02. The highest BCUT2D eigenvalue weighted by molar-refractivity contribution is 5.96. The molecule has 0 unspecified atom stereocenters. The number of nitrogen functional groups attached to an aromatic ring is 1. The van der Waals surface area contributed by atoms with Crippen LogP contribution in [0.4, 0.5) is 14.5 Å². The Hall–Kier alpha value is -3.41. The second kappa shape index (κ2) is 7.00. The van der Waals surface area contributed by atoms with Gasteiger partial charge in [-0.25, -0.2) is 18.4 Å². The van der Waals surface area contributed by atoms with Crippen LogP contribution in [-0.2, 0) is 9.47 Å². The lowest BCUT2D eigenvalue weighted by atomic mass is 10.1. The van der Waals surface area contributed by atoms with Crippen molar-refractivity contribution in [3.05, 3.63) is 46.8 Å². The molecule has 0 spiro atoms. The predicted molar refractivity (Wildman–Crippen MR) is 82.1 cm³/mol. The van der Waals surface area contributed by atoms with E-state index >= 15 is 0 Å². The topological polar surface area (TPSA) is 107 Å². The van der Waals surface area contributed by atoms with Gasteiger partial charge in [0, 0.05) is 6.20 Å². The SMILES string of the molecule is CCOC(=O)c1cc(F)c(-n2cc(C#N)c(N)c2C(=O)OC)c(F)c1. The number of nitrogens with two attached hydrogens (primary N) is 1. The third-order valence-corrected chi connectivity index (χ3v) is 3.31. The highest BCUT2D eigenvalue weighted by Gasteiger charge is 2.26. The Bertz CT molecular complexity index is 877. The second-order valence-corrected chi connectivity index (χ2v) is 4.79. The first-order valence-corrected chi connectivity index (χ1v) is 7.01. The maximum absolute atomic E-state index is 14.4. The van der Waals surface area contributed by atoms with E-state index in [0.29, 0.717) is 0 Å². The normalized spacial score (nSPS) is 10.2. The van der Waals surface area contributed by atoms with Crippen LogP contribution in [0, 0.1) is 23.0 Å². The molecule has 0 aliphatic heterocycles. The van der Waals surface area contributed by atoms with Crippen molar-refractivity contribution in [2.75, 3.05) is 19.5 Å². The molecule has 2 rings (SSSR count). The monoisotopic (exact) mass is 349 g/mol. The van der Waals surface area contributed by atoms with Gasteiger partial charge >= 0.3 is 11.9 Å². The van der Waals surface area contributed by atoms with Gasteiger partial charge in [0.25, 0.3) is 0 Å². The lowest BCUT2D eigenvalue weighted by Crippen LogP contribution is -2.14. The van der Waals surface area contributed by atoms with E-state index in [0.717, 1.165) is 30.0 Å². The number of esters is 2. The van der Waals surface area contributed by atoms with Gasteiger partial charge in [0.2, 0.25) is 0 Å². The molecule has 0 fully saturated rings. The fourth-order valence-electron chi connectivity index (χ4n) is 2.22. The van der Waals surface area contributed by atoms with Gasteiger partial charge in [-0.05, 0) is 19.1 Å². The number of carbonyl (C=O) groups is 2. The van der Waals surface area contributed by atoms with E-state index in [4.69, 9.17) is 11.0 Å². The molecular weight excluding hydrogens is 336 g/mol. The van der Waals surface area contributed by atoms with Crippen molar-refractivity contribution in [3.63, 3.8) is 0 Å². The summed E-state index contributed by atoms with van der Waals surface area (Å²) in [6, 6.07) is 3.24.